The van der Waals surface area contributed by atoms with E-state index in [0.717, 1.165) is 22.3 Å². The number of nitrogens with one attached hydrogen (secondary N) is 2. The van der Waals surface area contributed by atoms with Gasteiger partial charge >= 0.3 is 0 Å². The van der Waals surface area contributed by atoms with Gasteiger partial charge in [-0.15, -0.1) is 0 Å². The zero-order chi connectivity index (χ0) is 21.1. The Balaban J connectivity index is 1.55. The lowest BCUT2D eigenvalue weighted by atomic mass is 9.87. The van der Waals surface area contributed by atoms with Crippen LogP contribution in [0.4, 0.5) is 17.2 Å². The van der Waals surface area contributed by atoms with E-state index in [1.807, 2.05) is 42.5 Å². The van der Waals surface area contributed by atoms with Crippen molar-refractivity contribution >= 4 is 34.0 Å². The summed E-state index contributed by atoms with van der Waals surface area (Å²) in [5, 5.41) is 7.09. The monoisotopic (exact) mass is 397 g/mol. The van der Waals surface area contributed by atoms with E-state index in [1.165, 1.54) is 11.9 Å². The molecule has 0 unspecified atom stereocenters. The van der Waals surface area contributed by atoms with Gasteiger partial charge in [-0.05, 0) is 53.4 Å². The predicted octanol–water partition coefficient (Wildman–Crippen LogP) is 5.32. The van der Waals surface area contributed by atoms with Gasteiger partial charge in [0, 0.05) is 29.2 Å². The van der Waals surface area contributed by atoms with E-state index in [4.69, 9.17) is 0 Å². The minimum Gasteiger partial charge on any atom is -0.340 e. The van der Waals surface area contributed by atoms with E-state index in [2.05, 4.69) is 46.4 Å². The quantitative estimate of drug-likeness (QED) is 0.487. The first kappa shape index (κ1) is 19.5. The van der Waals surface area contributed by atoms with Crippen molar-refractivity contribution in [1.29, 1.82) is 0 Å². The summed E-state index contributed by atoms with van der Waals surface area (Å²) >= 11 is 0. The number of nitrogens with zero attached hydrogens (tertiary/aromatic N) is 3. The lowest BCUT2D eigenvalue weighted by Gasteiger charge is -2.19. The van der Waals surface area contributed by atoms with Crippen molar-refractivity contribution in [3.63, 3.8) is 0 Å². The number of fused-ring (bicyclic) bond motifs is 1. The van der Waals surface area contributed by atoms with Crippen LogP contribution in [0.2, 0.25) is 0 Å². The minimum absolute atomic E-state index is 0.0634. The zero-order valence-electron chi connectivity index (χ0n) is 17.2. The molecule has 0 saturated carbocycles. The van der Waals surface area contributed by atoms with Crippen molar-refractivity contribution in [3.8, 4) is 0 Å². The van der Waals surface area contributed by atoms with Crippen LogP contribution in [0.5, 0.6) is 0 Å². The molecule has 0 aliphatic carbocycles. The smallest absolute Gasteiger partial charge is 0.259 e. The maximum atomic E-state index is 12.9. The molecule has 4 rings (SSSR count). The van der Waals surface area contributed by atoms with E-state index in [0.29, 0.717) is 11.4 Å². The maximum Gasteiger partial charge on any atom is 0.259 e. The molecule has 6 heteroatoms. The Morgan fingerprint density at radius 1 is 0.933 bits per heavy atom. The lowest BCUT2D eigenvalue weighted by molar-refractivity contribution is 0.102. The molecular formula is C24H23N5O. The normalized spacial score (nSPS) is 11.3. The molecule has 0 aliphatic heterocycles. The Kier molecular flexibility index (Phi) is 5.14. The molecule has 0 bridgehead atoms. The number of pyridine rings is 1. The highest BCUT2D eigenvalue weighted by Gasteiger charge is 2.15. The number of hydrogen-bond acceptors (Lipinski definition) is 5. The average Bonchev–Trinajstić information content (AvgIpc) is 2.74. The van der Waals surface area contributed by atoms with Crippen molar-refractivity contribution in [1.82, 2.24) is 15.0 Å². The Hall–Kier alpha value is -3.80. The van der Waals surface area contributed by atoms with Gasteiger partial charge in [0.25, 0.3) is 5.91 Å². The van der Waals surface area contributed by atoms with Crippen molar-refractivity contribution in [2.75, 3.05) is 10.6 Å². The summed E-state index contributed by atoms with van der Waals surface area (Å²) in [5.41, 5.74) is 4.14. The molecule has 2 heterocycles. The van der Waals surface area contributed by atoms with Crippen LogP contribution in [-0.2, 0) is 5.41 Å². The molecule has 30 heavy (non-hydrogen) atoms. The first-order chi connectivity index (χ1) is 14.4. The third-order valence-corrected chi connectivity index (χ3v) is 4.83. The second-order valence-corrected chi connectivity index (χ2v) is 8.10. The minimum atomic E-state index is -0.224. The molecule has 2 N–H and O–H groups in total. The highest BCUT2D eigenvalue weighted by molar-refractivity contribution is 6.07. The largest absolute Gasteiger partial charge is 0.340 e. The second kappa shape index (κ2) is 7.91. The Bertz CT molecular complexity index is 1200. The first-order valence-corrected chi connectivity index (χ1v) is 9.74. The molecule has 0 aliphatic rings. The number of carbonyl (C=O) groups is 1. The summed E-state index contributed by atoms with van der Waals surface area (Å²) in [4.78, 5) is 25.5. The molecule has 2 aromatic heterocycles. The second-order valence-electron chi connectivity index (χ2n) is 8.10. The third kappa shape index (κ3) is 4.27. The standard InChI is InChI=1S/C24H23N5O/c1-24(2,3)17-6-8-18(9-7-17)29-23(30)20-5-4-12-26-22(20)28-19-10-11-21-16(13-19)14-25-15-27-21/h4-15H,1-3H3,(H,26,28)(H,29,30). The molecule has 0 saturated heterocycles. The number of amides is 1. The number of rotatable bonds is 4. The average molecular weight is 397 g/mol. The number of anilines is 3. The fourth-order valence-corrected chi connectivity index (χ4v) is 3.14. The molecule has 0 atom stereocenters. The van der Waals surface area contributed by atoms with Gasteiger partial charge in [-0.3, -0.25) is 4.79 Å². The summed E-state index contributed by atoms with van der Waals surface area (Å²) in [6.07, 6.45) is 4.92. The summed E-state index contributed by atoms with van der Waals surface area (Å²) in [5.74, 6) is 0.260. The van der Waals surface area contributed by atoms with Gasteiger partial charge in [0.15, 0.2) is 0 Å². The predicted molar refractivity (Wildman–Crippen MR) is 120 cm³/mol. The van der Waals surface area contributed by atoms with E-state index in [1.54, 1.807) is 24.5 Å². The fraction of sp³-hybridized carbons (Fsp3) is 0.167. The van der Waals surface area contributed by atoms with Crippen molar-refractivity contribution in [2.45, 2.75) is 26.2 Å². The van der Waals surface area contributed by atoms with Crippen LogP contribution in [-0.4, -0.2) is 20.9 Å². The van der Waals surface area contributed by atoms with Crippen LogP contribution >= 0.6 is 0 Å². The van der Waals surface area contributed by atoms with Crippen LogP contribution in [0.1, 0.15) is 36.7 Å². The maximum absolute atomic E-state index is 12.9. The van der Waals surface area contributed by atoms with Crippen molar-refractivity contribution in [2.24, 2.45) is 0 Å². The number of carbonyl (C=O) groups excluding carboxylic acids is 1. The molecule has 6 nitrogen and oxygen atoms in total. The van der Waals surface area contributed by atoms with Gasteiger partial charge < -0.3 is 10.6 Å². The summed E-state index contributed by atoms with van der Waals surface area (Å²) in [7, 11) is 0. The molecule has 0 spiro atoms. The highest BCUT2D eigenvalue weighted by Crippen LogP contribution is 2.25. The molecular weight excluding hydrogens is 374 g/mol. The summed E-state index contributed by atoms with van der Waals surface area (Å²) in [6, 6.07) is 17.1. The van der Waals surface area contributed by atoms with E-state index in [-0.39, 0.29) is 11.3 Å². The molecule has 2 aromatic carbocycles. The van der Waals surface area contributed by atoms with Gasteiger partial charge in [-0.1, -0.05) is 32.9 Å². The Labute approximate surface area is 175 Å². The Morgan fingerprint density at radius 3 is 2.47 bits per heavy atom. The van der Waals surface area contributed by atoms with Crippen LogP contribution in [0, 0.1) is 0 Å². The van der Waals surface area contributed by atoms with Gasteiger partial charge in [-0.25, -0.2) is 15.0 Å². The van der Waals surface area contributed by atoms with E-state index >= 15 is 0 Å². The molecule has 0 fully saturated rings. The van der Waals surface area contributed by atoms with Crippen molar-refractivity contribution in [3.05, 3.63) is 84.4 Å². The van der Waals surface area contributed by atoms with Gasteiger partial charge in [0.05, 0.1) is 11.1 Å². The van der Waals surface area contributed by atoms with Crippen LogP contribution in [0.25, 0.3) is 10.9 Å². The molecule has 0 radical (unpaired) electrons. The van der Waals surface area contributed by atoms with Crippen LogP contribution < -0.4 is 10.6 Å². The third-order valence-electron chi connectivity index (χ3n) is 4.83. The number of hydrogen-bond donors (Lipinski definition) is 2. The van der Waals surface area contributed by atoms with Gasteiger partial charge in [-0.2, -0.15) is 0 Å². The topological polar surface area (TPSA) is 79.8 Å². The molecule has 1 amide bonds. The number of aromatic nitrogens is 3. The van der Waals surface area contributed by atoms with E-state index in [9.17, 15) is 4.79 Å². The summed E-state index contributed by atoms with van der Waals surface area (Å²) < 4.78 is 0. The molecule has 4 aromatic rings. The van der Waals surface area contributed by atoms with Gasteiger partial charge in [0.1, 0.15) is 12.1 Å². The van der Waals surface area contributed by atoms with Gasteiger partial charge in [0.2, 0.25) is 0 Å². The number of benzene rings is 2. The Morgan fingerprint density at radius 2 is 1.70 bits per heavy atom. The SMILES string of the molecule is CC(C)(C)c1ccc(NC(=O)c2cccnc2Nc2ccc3ncncc3c2)cc1. The van der Waals surface area contributed by atoms with E-state index < -0.39 is 0 Å². The van der Waals surface area contributed by atoms with Crippen molar-refractivity contribution < 1.29 is 4.79 Å². The summed E-state index contributed by atoms with van der Waals surface area (Å²) in [6.45, 7) is 6.48. The molecule has 150 valence electrons. The zero-order valence-corrected chi connectivity index (χ0v) is 17.2. The highest BCUT2D eigenvalue weighted by atomic mass is 16.1. The van der Waals surface area contributed by atoms with Crippen LogP contribution in [0.15, 0.2) is 73.3 Å². The first-order valence-electron chi connectivity index (χ1n) is 9.74. The lowest BCUT2D eigenvalue weighted by Crippen LogP contribution is -2.15. The fourth-order valence-electron chi connectivity index (χ4n) is 3.14. The van der Waals surface area contributed by atoms with Crippen LogP contribution in [0.3, 0.4) is 0 Å².